The summed E-state index contributed by atoms with van der Waals surface area (Å²) in [7, 11) is 2.05. The van der Waals surface area contributed by atoms with Crippen LogP contribution in [0.15, 0.2) is 18.2 Å². The van der Waals surface area contributed by atoms with Crippen molar-refractivity contribution in [1.82, 2.24) is 5.32 Å². The average Bonchev–Trinajstić information content (AvgIpc) is 2.40. The summed E-state index contributed by atoms with van der Waals surface area (Å²) in [6.07, 6.45) is 2.20. The number of hydrogen-bond acceptors (Lipinski definition) is 2. The van der Waals surface area contributed by atoms with Gasteiger partial charge in [0.15, 0.2) is 0 Å². The van der Waals surface area contributed by atoms with E-state index in [1.807, 2.05) is 13.1 Å². The first-order chi connectivity index (χ1) is 9.10. The van der Waals surface area contributed by atoms with Gasteiger partial charge in [-0.2, -0.15) is 0 Å². The Hall–Kier alpha value is -1.09. The fraction of sp³-hybridized carbons (Fsp3) is 0.625. The number of rotatable bonds is 8. The predicted molar refractivity (Wildman–Crippen MR) is 81.1 cm³/mol. The van der Waals surface area contributed by atoms with Gasteiger partial charge in [-0.3, -0.25) is 0 Å². The quantitative estimate of drug-likeness (QED) is 0.720. The molecular formula is C16H27FN2. The Morgan fingerprint density at radius 2 is 2.05 bits per heavy atom. The second kappa shape index (κ2) is 8.16. The van der Waals surface area contributed by atoms with Crippen molar-refractivity contribution in [2.75, 3.05) is 25.0 Å². The fourth-order valence-corrected chi connectivity index (χ4v) is 2.17. The summed E-state index contributed by atoms with van der Waals surface area (Å²) in [6, 6.07) is 5.35. The first kappa shape index (κ1) is 16.0. The van der Waals surface area contributed by atoms with Gasteiger partial charge in [0, 0.05) is 31.4 Å². The van der Waals surface area contributed by atoms with Crippen molar-refractivity contribution in [2.24, 2.45) is 5.92 Å². The van der Waals surface area contributed by atoms with Crippen LogP contribution in [0.3, 0.4) is 0 Å². The molecular weight excluding hydrogens is 239 g/mol. The Morgan fingerprint density at radius 3 is 2.68 bits per heavy atom. The Labute approximate surface area is 117 Å². The molecule has 19 heavy (non-hydrogen) atoms. The fourth-order valence-electron chi connectivity index (χ4n) is 2.17. The van der Waals surface area contributed by atoms with Gasteiger partial charge in [0.25, 0.3) is 0 Å². The van der Waals surface area contributed by atoms with Crippen molar-refractivity contribution in [2.45, 2.75) is 40.2 Å². The monoisotopic (exact) mass is 266 g/mol. The normalized spacial score (nSPS) is 12.5. The molecule has 1 rings (SSSR count). The minimum atomic E-state index is -0.114. The molecule has 0 aliphatic carbocycles. The molecule has 0 aliphatic heterocycles. The lowest BCUT2D eigenvalue weighted by atomic mass is 10.1. The summed E-state index contributed by atoms with van der Waals surface area (Å²) in [6.45, 7) is 9.01. The number of nitrogens with zero attached hydrogens (tertiary/aromatic N) is 1. The molecule has 0 aliphatic rings. The topological polar surface area (TPSA) is 15.3 Å². The van der Waals surface area contributed by atoms with E-state index in [9.17, 15) is 4.39 Å². The summed E-state index contributed by atoms with van der Waals surface area (Å²) >= 11 is 0. The van der Waals surface area contributed by atoms with Crippen LogP contribution in [0.2, 0.25) is 0 Å². The highest BCUT2D eigenvalue weighted by atomic mass is 19.1. The molecule has 0 heterocycles. The predicted octanol–water partition coefficient (Wildman–Crippen LogP) is 3.81. The number of benzene rings is 1. The van der Waals surface area contributed by atoms with Crippen LogP contribution in [-0.4, -0.2) is 20.1 Å². The molecule has 0 amide bonds. The van der Waals surface area contributed by atoms with Crippen molar-refractivity contribution in [1.29, 1.82) is 0 Å². The zero-order valence-electron chi connectivity index (χ0n) is 12.7. The molecule has 0 saturated heterocycles. The van der Waals surface area contributed by atoms with Crippen LogP contribution in [0, 0.1) is 11.7 Å². The van der Waals surface area contributed by atoms with E-state index in [-0.39, 0.29) is 5.82 Å². The summed E-state index contributed by atoms with van der Waals surface area (Å²) in [5.41, 5.74) is 1.78. The Bertz CT molecular complexity index is 379. The third-order valence-electron chi connectivity index (χ3n) is 3.52. The molecule has 0 aromatic heterocycles. The highest BCUT2D eigenvalue weighted by Gasteiger charge is 2.13. The van der Waals surface area contributed by atoms with Crippen molar-refractivity contribution in [3.05, 3.63) is 29.6 Å². The molecule has 0 fully saturated rings. The third kappa shape index (κ3) is 4.83. The van der Waals surface area contributed by atoms with Gasteiger partial charge in [-0.15, -0.1) is 0 Å². The molecule has 0 bridgehead atoms. The lowest BCUT2D eigenvalue weighted by Gasteiger charge is -2.25. The van der Waals surface area contributed by atoms with Crippen molar-refractivity contribution < 1.29 is 4.39 Å². The van der Waals surface area contributed by atoms with E-state index in [0.717, 1.165) is 37.2 Å². The van der Waals surface area contributed by atoms with Crippen LogP contribution in [0.4, 0.5) is 10.1 Å². The minimum absolute atomic E-state index is 0.114. The van der Waals surface area contributed by atoms with Crippen molar-refractivity contribution >= 4 is 5.69 Å². The van der Waals surface area contributed by atoms with Crippen LogP contribution >= 0.6 is 0 Å². The number of hydrogen-bond donors (Lipinski definition) is 1. The lowest BCUT2D eigenvalue weighted by molar-refractivity contribution is 0.552. The van der Waals surface area contributed by atoms with Crippen LogP contribution in [0.25, 0.3) is 0 Å². The molecule has 0 saturated carbocycles. The van der Waals surface area contributed by atoms with E-state index in [0.29, 0.717) is 12.5 Å². The first-order valence-corrected chi connectivity index (χ1v) is 7.29. The van der Waals surface area contributed by atoms with Gasteiger partial charge in [-0.05, 0) is 31.0 Å². The smallest absolute Gasteiger partial charge is 0.129 e. The summed E-state index contributed by atoms with van der Waals surface area (Å²) < 4.78 is 14.0. The van der Waals surface area contributed by atoms with Crippen LogP contribution < -0.4 is 10.2 Å². The number of nitrogens with one attached hydrogen (secondary N) is 1. The Kier molecular flexibility index (Phi) is 6.85. The largest absolute Gasteiger partial charge is 0.374 e. The summed E-state index contributed by atoms with van der Waals surface area (Å²) in [4.78, 5) is 2.17. The maximum Gasteiger partial charge on any atom is 0.129 e. The zero-order valence-corrected chi connectivity index (χ0v) is 12.7. The third-order valence-corrected chi connectivity index (χ3v) is 3.52. The van der Waals surface area contributed by atoms with Gasteiger partial charge >= 0.3 is 0 Å². The molecule has 3 heteroatoms. The minimum Gasteiger partial charge on any atom is -0.374 e. The van der Waals surface area contributed by atoms with E-state index in [4.69, 9.17) is 0 Å². The van der Waals surface area contributed by atoms with Gasteiger partial charge in [-0.1, -0.05) is 33.3 Å². The highest BCUT2D eigenvalue weighted by Crippen LogP contribution is 2.23. The summed E-state index contributed by atoms with van der Waals surface area (Å²) in [5.74, 6) is 0.502. The first-order valence-electron chi connectivity index (χ1n) is 7.29. The van der Waals surface area contributed by atoms with Crippen LogP contribution in [-0.2, 0) is 6.54 Å². The maximum atomic E-state index is 14.0. The second-order valence-electron chi connectivity index (χ2n) is 5.31. The molecule has 1 aromatic carbocycles. The molecule has 1 aromatic rings. The van der Waals surface area contributed by atoms with Gasteiger partial charge in [0.2, 0.25) is 0 Å². The molecule has 1 N–H and O–H groups in total. The van der Waals surface area contributed by atoms with Gasteiger partial charge in [-0.25, -0.2) is 4.39 Å². The lowest BCUT2D eigenvalue weighted by Crippen LogP contribution is -2.26. The highest BCUT2D eigenvalue weighted by molar-refractivity contribution is 5.53. The molecule has 108 valence electrons. The Balaban J connectivity index is 2.83. The zero-order chi connectivity index (χ0) is 14.3. The second-order valence-corrected chi connectivity index (χ2v) is 5.31. The molecule has 2 nitrogen and oxygen atoms in total. The number of halogens is 1. The standard InChI is InChI=1S/C16H27FN2/c1-5-10-18-11-14-15(17)8-7-9-16(14)19(4)12-13(3)6-2/h7-9,13,18H,5-6,10-12H2,1-4H3. The van der Waals surface area contributed by atoms with E-state index in [2.05, 4.69) is 31.0 Å². The number of anilines is 1. The SMILES string of the molecule is CCCNCc1c(F)cccc1N(C)CC(C)CC. The maximum absolute atomic E-state index is 14.0. The van der Waals surface area contributed by atoms with Crippen molar-refractivity contribution in [3.63, 3.8) is 0 Å². The molecule has 1 unspecified atom stereocenters. The van der Waals surface area contributed by atoms with E-state index < -0.39 is 0 Å². The van der Waals surface area contributed by atoms with E-state index in [1.54, 1.807) is 12.1 Å². The molecule has 1 atom stereocenters. The van der Waals surface area contributed by atoms with E-state index in [1.165, 1.54) is 0 Å². The molecule has 0 radical (unpaired) electrons. The van der Waals surface area contributed by atoms with Crippen LogP contribution in [0.1, 0.15) is 39.2 Å². The molecule has 0 spiro atoms. The van der Waals surface area contributed by atoms with Gasteiger partial charge in [0.1, 0.15) is 5.82 Å². The van der Waals surface area contributed by atoms with E-state index >= 15 is 0 Å². The van der Waals surface area contributed by atoms with Crippen molar-refractivity contribution in [3.8, 4) is 0 Å². The Morgan fingerprint density at radius 1 is 1.32 bits per heavy atom. The average molecular weight is 266 g/mol. The van der Waals surface area contributed by atoms with Gasteiger partial charge in [0.05, 0.1) is 0 Å². The van der Waals surface area contributed by atoms with Gasteiger partial charge < -0.3 is 10.2 Å². The summed E-state index contributed by atoms with van der Waals surface area (Å²) in [5, 5.41) is 3.29. The van der Waals surface area contributed by atoms with Crippen LogP contribution in [0.5, 0.6) is 0 Å².